The number of nitrogens with zero attached hydrogens (tertiary/aromatic N) is 2. The van der Waals surface area contributed by atoms with E-state index in [1.165, 1.54) is 6.08 Å². The first-order chi connectivity index (χ1) is 8.65. The third-order valence-electron chi connectivity index (χ3n) is 2.37. The van der Waals surface area contributed by atoms with E-state index in [1.54, 1.807) is 12.4 Å². The molecule has 1 heterocycles. The maximum atomic E-state index is 10.4. The number of benzene rings is 1. The Morgan fingerprint density at radius 1 is 1.28 bits per heavy atom. The van der Waals surface area contributed by atoms with Crippen LogP contribution in [0.5, 0.6) is 0 Å². The minimum atomic E-state index is -0.988. The van der Waals surface area contributed by atoms with Crippen molar-refractivity contribution in [2.24, 2.45) is 0 Å². The van der Waals surface area contributed by atoms with Gasteiger partial charge in [0.25, 0.3) is 0 Å². The Morgan fingerprint density at radius 3 is 2.61 bits per heavy atom. The van der Waals surface area contributed by atoms with Crippen molar-refractivity contribution in [1.82, 2.24) is 9.97 Å². The molecule has 0 saturated carbocycles. The van der Waals surface area contributed by atoms with Gasteiger partial charge in [-0.3, -0.25) is 0 Å². The van der Waals surface area contributed by atoms with E-state index in [2.05, 4.69) is 9.97 Å². The van der Waals surface area contributed by atoms with Gasteiger partial charge in [0.15, 0.2) is 5.82 Å². The summed E-state index contributed by atoms with van der Waals surface area (Å²) in [5, 5.41) is 8.51. The zero-order valence-electron chi connectivity index (χ0n) is 9.87. The highest BCUT2D eigenvalue weighted by Crippen LogP contribution is 2.15. The van der Waals surface area contributed by atoms with Crippen molar-refractivity contribution in [3.63, 3.8) is 0 Å². The van der Waals surface area contributed by atoms with Gasteiger partial charge < -0.3 is 5.11 Å². The molecule has 0 spiro atoms. The Labute approximate surface area is 105 Å². The smallest absolute Gasteiger partial charge is 0.328 e. The summed E-state index contributed by atoms with van der Waals surface area (Å²) in [6.45, 7) is 2.01. The molecule has 0 atom stereocenters. The van der Waals surface area contributed by atoms with Crippen LogP contribution in [-0.2, 0) is 4.79 Å². The predicted octanol–water partition coefficient (Wildman–Crippen LogP) is 2.55. The molecule has 0 aliphatic heterocycles. The highest BCUT2D eigenvalue weighted by molar-refractivity contribution is 5.85. The zero-order chi connectivity index (χ0) is 13.0. The Balaban J connectivity index is 2.25. The van der Waals surface area contributed by atoms with Crippen LogP contribution in [0.15, 0.2) is 42.7 Å². The third kappa shape index (κ3) is 3.01. The fourth-order valence-electron chi connectivity index (χ4n) is 1.52. The largest absolute Gasteiger partial charge is 0.478 e. The van der Waals surface area contributed by atoms with Crippen molar-refractivity contribution in [2.75, 3.05) is 0 Å². The Bertz CT molecular complexity index is 589. The molecule has 0 saturated heterocycles. The maximum Gasteiger partial charge on any atom is 0.328 e. The normalized spacial score (nSPS) is 10.7. The van der Waals surface area contributed by atoms with Crippen LogP contribution in [0.4, 0.5) is 0 Å². The van der Waals surface area contributed by atoms with Gasteiger partial charge in [-0.05, 0) is 19.1 Å². The lowest BCUT2D eigenvalue weighted by Gasteiger charge is -2.01. The first-order valence-corrected chi connectivity index (χ1v) is 5.45. The summed E-state index contributed by atoms with van der Waals surface area (Å²) in [4.78, 5) is 18.8. The summed E-state index contributed by atoms with van der Waals surface area (Å²) in [5.74, 6) is -0.357. The quantitative estimate of drug-likeness (QED) is 0.837. The molecule has 1 N–H and O–H groups in total. The molecule has 0 bridgehead atoms. The molecule has 0 radical (unpaired) electrons. The van der Waals surface area contributed by atoms with Crippen LogP contribution < -0.4 is 0 Å². The first-order valence-electron chi connectivity index (χ1n) is 5.45. The second kappa shape index (κ2) is 5.23. The monoisotopic (exact) mass is 240 g/mol. The number of hydrogen-bond donors (Lipinski definition) is 1. The van der Waals surface area contributed by atoms with Gasteiger partial charge in [0, 0.05) is 29.6 Å². The lowest BCUT2D eigenvalue weighted by molar-refractivity contribution is -0.131. The van der Waals surface area contributed by atoms with Crippen LogP contribution in [-0.4, -0.2) is 21.0 Å². The average molecular weight is 240 g/mol. The van der Waals surface area contributed by atoms with E-state index in [0.29, 0.717) is 11.4 Å². The molecule has 0 aliphatic carbocycles. The van der Waals surface area contributed by atoms with E-state index in [1.807, 2.05) is 31.2 Å². The number of carboxylic acids is 1. The summed E-state index contributed by atoms with van der Waals surface area (Å²) in [6.07, 6.45) is 5.72. The van der Waals surface area contributed by atoms with Gasteiger partial charge in [0.1, 0.15) is 0 Å². The van der Waals surface area contributed by atoms with Crippen LogP contribution in [0.25, 0.3) is 17.5 Å². The number of hydrogen-bond acceptors (Lipinski definition) is 3. The number of aryl methyl sites for hydroxylation is 1. The van der Waals surface area contributed by atoms with Crippen molar-refractivity contribution in [3.8, 4) is 11.4 Å². The van der Waals surface area contributed by atoms with E-state index in [9.17, 15) is 4.79 Å². The van der Waals surface area contributed by atoms with Gasteiger partial charge in [0.05, 0.1) is 0 Å². The van der Waals surface area contributed by atoms with Crippen molar-refractivity contribution >= 4 is 12.0 Å². The van der Waals surface area contributed by atoms with E-state index in [4.69, 9.17) is 5.11 Å². The van der Waals surface area contributed by atoms with Crippen molar-refractivity contribution < 1.29 is 9.90 Å². The summed E-state index contributed by atoms with van der Waals surface area (Å²) in [7, 11) is 0. The summed E-state index contributed by atoms with van der Waals surface area (Å²) in [5.41, 5.74) is 2.75. The van der Waals surface area contributed by atoms with Gasteiger partial charge in [-0.15, -0.1) is 0 Å². The van der Waals surface area contributed by atoms with E-state index >= 15 is 0 Å². The van der Waals surface area contributed by atoms with Gasteiger partial charge in [0.2, 0.25) is 0 Å². The van der Waals surface area contributed by atoms with Crippen LogP contribution >= 0.6 is 0 Å². The summed E-state index contributed by atoms with van der Waals surface area (Å²) < 4.78 is 0. The molecule has 1 aromatic heterocycles. The molecular formula is C14H12N2O2. The minimum Gasteiger partial charge on any atom is -0.478 e. The summed E-state index contributed by atoms with van der Waals surface area (Å²) in [6, 6.07) is 7.90. The summed E-state index contributed by atoms with van der Waals surface area (Å²) >= 11 is 0. The molecule has 90 valence electrons. The Morgan fingerprint density at radius 2 is 2.00 bits per heavy atom. The Kier molecular flexibility index (Phi) is 3.48. The van der Waals surface area contributed by atoms with Crippen molar-refractivity contribution in [1.29, 1.82) is 0 Å². The van der Waals surface area contributed by atoms with Crippen LogP contribution in [0.3, 0.4) is 0 Å². The lowest BCUT2D eigenvalue weighted by atomic mass is 10.1. The molecular weight excluding hydrogens is 228 g/mol. The average Bonchev–Trinajstić information content (AvgIpc) is 2.37. The minimum absolute atomic E-state index is 0.631. The highest BCUT2D eigenvalue weighted by Gasteiger charge is 2.00. The predicted molar refractivity (Wildman–Crippen MR) is 68.9 cm³/mol. The zero-order valence-corrected chi connectivity index (χ0v) is 9.87. The van der Waals surface area contributed by atoms with E-state index in [-0.39, 0.29) is 0 Å². The van der Waals surface area contributed by atoms with Crippen molar-refractivity contribution in [2.45, 2.75) is 6.92 Å². The van der Waals surface area contributed by atoms with Gasteiger partial charge in [-0.25, -0.2) is 14.8 Å². The maximum absolute atomic E-state index is 10.4. The number of carbonyl (C=O) groups is 1. The molecule has 1 aromatic carbocycles. The second-order valence-electron chi connectivity index (χ2n) is 3.88. The molecule has 2 aromatic rings. The van der Waals surface area contributed by atoms with Crippen LogP contribution in [0, 0.1) is 6.92 Å². The standard InChI is InChI=1S/C14H12N2O2/c1-10-3-2-4-12(7-10)14-15-8-11(9-16-14)5-6-13(17)18/h2-9H,1H3,(H,17,18). The Hall–Kier alpha value is -2.49. The number of rotatable bonds is 3. The van der Waals surface area contributed by atoms with Gasteiger partial charge in [-0.2, -0.15) is 0 Å². The molecule has 4 nitrogen and oxygen atoms in total. The third-order valence-corrected chi connectivity index (χ3v) is 2.37. The van der Waals surface area contributed by atoms with Crippen molar-refractivity contribution in [3.05, 3.63) is 53.9 Å². The molecule has 0 fully saturated rings. The van der Waals surface area contributed by atoms with Crippen LogP contribution in [0.1, 0.15) is 11.1 Å². The topological polar surface area (TPSA) is 63.1 Å². The van der Waals surface area contributed by atoms with Gasteiger partial charge in [-0.1, -0.05) is 23.8 Å². The van der Waals surface area contributed by atoms with Crippen LogP contribution in [0.2, 0.25) is 0 Å². The number of aromatic nitrogens is 2. The fourth-order valence-corrected chi connectivity index (χ4v) is 1.52. The molecule has 0 unspecified atom stereocenters. The van der Waals surface area contributed by atoms with E-state index < -0.39 is 5.97 Å². The lowest BCUT2D eigenvalue weighted by Crippen LogP contribution is -1.90. The highest BCUT2D eigenvalue weighted by atomic mass is 16.4. The first kappa shape index (κ1) is 12.0. The molecule has 0 amide bonds. The SMILES string of the molecule is Cc1cccc(-c2ncc(C=CC(=O)O)cn2)c1. The molecule has 4 heteroatoms. The van der Waals surface area contributed by atoms with E-state index in [0.717, 1.165) is 17.2 Å². The van der Waals surface area contributed by atoms with Gasteiger partial charge >= 0.3 is 5.97 Å². The second-order valence-corrected chi connectivity index (χ2v) is 3.88. The number of aliphatic carboxylic acids is 1. The molecule has 2 rings (SSSR count). The molecule has 18 heavy (non-hydrogen) atoms. The fraction of sp³-hybridized carbons (Fsp3) is 0.0714. The molecule has 0 aliphatic rings. The number of carboxylic acid groups (broad SMARTS) is 1.